The highest BCUT2D eigenvalue weighted by Crippen LogP contribution is 2.37. The first-order valence-electron chi connectivity index (χ1n) is 10.4. The fourth-order valence-electron chi connectivity index (χ4n) is 4.58. The molecule has 1 aliphatic heterocycles. The van der Waals surface area contributed by atoms with Gasteiger partial charge in [-0.25, -0.2) is 0 Å². The van der Waals surface area contributed by atoms with Crippen molar-refractivity contribution in [2.75, 3.05) is 33.4 Å². The predicted molar refractivity (Wildman–Crippen MR) is 110 cm³/mol. The third-order valence-corrected chi connectivity index (χ3v) is 5.96. The van der Waals surface area contributed by atoms with E-state index in [1.807, 2.05) is 0 Å². The van der Waals surface area contributed by atoms with E-state index in [0.29, 0.717) is 5.92 Å². The molecule has 0 saturated heterocycles. The zero-order valence-electron chi connectivity index (χ0n) is 16.7. The summed E-state index contributed by atoms with van der Waals surface area (Å²) in [7, 11) is 2.26. The highest BCUT2D eigenvalue weighted by molar-refractivity contribution is 5.44. The summed E-state index contributed by atoms with van der Waals surface area (Å²) in [6.07, 6.45) is 5.86. The van der Waals surface area contributed by atoms with Gasteiger partial charge in [0.25, 0.3) is 0 Å². The van der Waals surface area contributed by atoms with Crippen molar-refractivity contribution >= 4 is 0 Å². The van der Waals surface area contributed by atoms with Gasteiger partial charge in [0.15, 0.2) is 0 Å². The van der Waals surface area contributed by atoms with E-state index in [-0.39, 0.29) is 0 Å². The molecule has 144 valence electrons. The summed E-state index contributed by atoms with van der Waals surface area (Å²) < 4.78 is 11.5. The van der Waals surface area contributed by atoms with Crippen LogP contribution in [0.3, 0.4) is 0 Å². The van der Waals surface area contributed by atoms with Crippen LogP contribution in [0.15, 0.2) is 36.4 Å². The molecule has 0 bridgehead atoms. The molecule has 2 aromatic carbocycles. The maximum Gasteiger partial charge on any atom is 0.122 e. The van der Waals surface area contributed by atoms with Crippen molar-refractivity contribution < 1.29 is 9.47 Å². The molecule has 1 aliphatic carbocycles. The van der Waals surface area contributed by atoms with Crippen LogP contribution >= 0.6 is 0 Å². The molecule has 0 saturated carbocycles. The molecule has 27 heavy (non-hydrogen) atoms. The van der Waals surface area contributed by atoms with Gasteiger partial charge in [0, 0.05) is 19.5 Å². The normalized spacial score (nSPS) is 18.1. The van der Waals surface area contributed by atoms with E-state index >= 15 is 0 Å². The minimum Gasteiger partial charge on any atom is -0.494 e. The van der Waals surface area contributed by atoms with Crippen LogP contribution < -0.4 is 9.47 Å². The molecule has 0 amide bonds. The third kappa shape index (κ3) is 4.14. The number of benzene rings is 2. The van der Waals surface area contributed by atoms with Crippen LogP contribution in [0, 0.1) is 0 Å². The second-order valence-corrected chi connectivity index (χ2v) is 7.90. The largest absolute Gasteiger partial charge is 0.494 e. The van der Waals surface area contributed by atoms with E-state index in [1.165, 1.54) is 35.1 Å². The van der Waals surface area contributed by atoms with Crippen LogP contribution in [0.5, 0.6) is 11.5 Å². The third-order valence-electron chi connectivity index (χ3n) is 5.96. The fraction of sp³-hybridized carbons (Fsp3) is 0.500. The van der Waals surface area contributed by atoms with Gasteiger partial charge in [0.1, 0.15) is 11.5 Å². The number of ether oxygens (including phenoxy) is 2. The molecule has 2 aromatic rings. The second kappa shape index (κ2) is 8.35. The van der Waals surface area contributed by atoms with Gasteiger partial charge in [-0.1, -0.05) is 24.3 Å². The quantitative estimate of drug-likeness (QED) is 0.715. The zero-order chi connectivity index (χ0) is 18.6. The topological polar surface area (TPSA) is 21.7 Å². The Morgan fingerprint density at radius 1 is 1.19 bits per heavy atom. The Kier molecular flexibility index (Phi) is 5.68. The molecule has 0 N–H and O–H groups in total. The lowest BCUT2D eigenvalue weighted by atomic mass is 9.82. The Labute approximate surface area is 163 Å². The van der Waals surface area contributed by atoms with E-state index < -0.39 is 0 Å². The number of likely N-dealkylation sites (N-methyl/N-ethyl adjacent to an activating group) is 1. The van der Waals surface area contributed by atoms with Gasteiger partial charge in [-0.05, 0) is 80.0 Å². The molecule has 1 unspecified atom stereocenters. The van der Waals surface area contributed by atoms with Crippen LogP contribution in [0.25, 0.3) is 0 Å². The molecule has 0 aromatic heterocycles. The van der Waals surface area contributed by atoms with E-state index in [0.717, 1.165) is 57.1 Å². The van der Waals surface area contributed by atoms with Crippen molar-refractivity contribution in [3.05, 3.63) is 58.7 Å². The van der Waals surface area contributed by atoms with Crippen molar-refractivity contribution in [3.8, 4) is 11.5 Å². The molecule has 4 rings (SSSR count). The molecular weight excluding hydrogens is 334 g/mol. The SMILES string of the molecule is CCOc1cccc2c1CCCC2CN(C)CCc1ccc2c(c1)CCO2. The summed E-state index contributed by atoms with van der Waals surface area (Å²) in [6.45, 7) is 5.86. The highest BCUT2D eigenvalue weighted by atomic mass is 16.5. The Morgan fingerprint density at radius 3 is 3.00 bits per heavy atom. The molecule has 1 heterocycles. The van der Waals surface area contributed by atoms with Gasteiger partial charge in [-0.15, -0.1) is 0 Å². The Balaban J connectivity index is 1.38. The van der Waals surface area contributed by atoms with Gasteiger partial charge in [0.2, 0.25) is 0 Å². The lowest BCUT2D eigenvalue weighted by molar-refractivity contribution is 0.296. The Hall–Kier alpha value is -2.00. The van der Waals surface area contributed by atoms with Gasteiger partial charge in [-0.3, -0.25) is 0 Å². The van der Waals surface area contributed by atoms with Crippen LogP contribution in [-0.4, -0.2) is 38.3 Å². The lowest BCUT2D eigenvalue weighted by Crippen LogP contribution is -2.28. The first kappa shape index (κ1) is 18.4. The predicted octanol–water partition coefficient (Wildman–Crippen LogP) is 4.61. The van der Waals surface area contributed by atoms with Gasteiger partial charge in [-0.2, -0.15) is 0 Å². The van der Waals surface area contributed by atoms with E-state index in [1.54, 1.807) is 0 Å². The van der Waals surface area contributed by atoms with Crippen molar-refractivity contribution in [2.45, 2.75) is 44.9 Å². The zero-order valence-corrected chi connectivity index (χ0v) is 16.7. The van der Waals surface area contributed by atoms with E-state index in [4.69, 9.17) is 9.47 Å². The number of hydrogen-bond donors (Lipinski definition) is 0. The average Bonchev–Trinajstić information content (AvgIpc) is 3.15. The van der Waals surface area contributed by atoms with Crippen molar-refractivity contribution in [1.82, 2.24) is 4.90 Å². The summed E-state index contributed by atoms with van der Waals surface area (Å²) in [5.74, 6) is 2.80. The number of hydrogen-bond acceptors (Lipinski definition) is 3. The maximum atomic E-state index is 5.88. The van der Waals surface area contributed by atoms with Crippen molar-refractivity contribution in [3.63, 3.8) is 0 Å². The average molecular weight is 366 g/mol. The fourth-order valence-corrected chi connectivity index (χ4v) is 4.58. The van der Waals surface area contributed by atoms with Crippen LogP contribution in [0.1, 0.15) is 47.9 Å². The summed E-state index contributed by atoms with van der Waals surface area (Å²) in [5.41, 5.74) is 5.75. The van der Waals surface area contributed by atoms with Gasteiger partial charge < -0.3 is 14.4 Å². The summed E-state index contributed by atoms with van der Waals surface area (Å²) in [4.78, 5) is 2.50. The first-order chi connectivity index (χ1) is 13.2. The number of nitrogens with zero attached hydrogens (tertiary/aromatic N) is 1. The molecule has 0 fully saturated rings. The smallest absolute Gasteiger partial charge is 0.122 e. The van der Waals surface area contributed by atoms with Gasteiger partial charge in [0.05, 0.1) is 13.2 Å². The van der Waals surface area contributed by atoms with Crippen LogP contribution in [0.2, 0.25) is 0 Å². The maximum absolute atomic E-state index is 5.88. The second-order valence-electron chi connectivity index (χ2n) is 7.90. The number of fused-ring (bicyclic) bond motifs is 2. The Bertz CT molecular complexity index is 786. The molecule has 1 atom stereocenters. The minimum atomic E-state index is 0.618. The minimum absolute atomic E-state index is 0.618. The monoisotopic (exact) mass is 365 g/mol. The molecule has 3 nitrogen and oxygen atoms in total. The molecule has 3 heteroatoms. The number of rotatable bonds is 7. The first-order valence-corrected chi connectivity index (χ1v) is 10.4. The van der Waals surface area contributed by atoms with E-state index in [9.17, 15) is 0 Å². The molecule has 0 radical (unpaired) electrons. The highest BCUT2D eigenvalue weighted by Gasteiger charge is 2.24. The van der Waals surface area contributed by atoms with Crippen LogP contribution in [0.4, 0.5) is 0 Å². The summed E-state index contributed by atoms with van der Waals surface area (Å²) in [6, 6.07) is 13.3. The van der Waals surface area contributed by atoms with Crippen LogP contribution in [-0.2, 0) is 19.3 Å². The van der Waals surface area contributed by atoms with E-state index in [2.05, 4.69) is 55.3 Å². The lowest BCUT2D eigenvalue weighted by Gasteiger charge is -2.30. The Morgan fingerprint density at radius 2 is 2.11 bits per heavy atom. The standard InChI is InChI=1S/C24H31NO2/c1-3-26-24-9-5-7-21-20(6-4-8-22(21)24)17-25(2)14-12-18-10-11-23-19(16-18)13-15-27-23/h5,7,9-11,16,20H,3-4,6,8,12-15,17H2,1-2H3. The molecular formula is C24H31NO2. The van der Waals surface area contributed by atoms with Gasteiger partial charge >= 0.3 is 0 Å². The molecule has 0 spiro atoms. The van der Waals surface area contributed by atoms with Crippen molar-refractivity contribution in [1.29, 1.82) is 0 Å². The summed E-state index contributed by atoms with van der Waals surface area (Å²) >= 11 is 0. The summed E-state index contributed by atoms with van der Waals surface area (Å²) in [5, 5.41) is 0. The van der Waals surface area contributed by atoms with Crippen molar-refractivity contribution in [2.24, 2.45) is 0 Å². The molecule has 2 aliphatic rings.